The molecule has 1 aromatic heterocycles. The molecule has 1 saturated heterocycles. The van der Waals surface area contributed by atoms with Crippen molar-refractivity contribution in [1.29, 1.82) is 0 Å². The van der Waals surface area contributed by atoms with E-state index in [4.69, 9.17) is 0 Å². The van der Waals surface area contributed by atoms with E-state index in [1.54, 1.807) is 18.2 Å². The van der Waals surface area contributed by atoms with Gasteiger partial charge < -0.3 is 15.5 Å². The molecule has 2 heterocycles. The van der Waals surface area contributed by atoms with Crippen molar-refractivity contribution < 1.29 is 14.0 Å². The van der Waals surface area contributed by atoms with E-state index in [0.717, 1.165) is 0 Å². The Hall–Kier alpha value is -2.90. The normalized spacial score (nSPS) is 17.5. The summed E-state index contributed by atoms with van der Waals surface area (Å²) in [4.78, 5) is 26.1. The molecule has 0 unspecified atom stereocenters. The summed E-state index contributed by atoms with van der Waals surface area (Å²) in [6.07, 6.45) is 2.98. The molecule has 0 aliphatic carbocycles. The molecule has 3 amide bonds. The predicted molar refractivity (Wildman–Crippen MR) is 90.9 cm³/mol. The lowest BCUT2D eigenvalue weighted by Gasteiger charge is -2.37. The molecule has 1 aliphatic rings. The molecular formula is C17H20FN5O2. The highest BCUT2D eigenvalue weighted by Gasteiger charge is 2.35. The number of hydrogen-bond donors (Lipinski definition) is 2. The van der Waals surface area contributed by atoms with Crippen LogP contribution in [0.3, 0.4) is 0 Å². The van der Waals surface area contributed by atoms with Crippen molar-refractivity contribution in [3.63, 3.8) is 0 Å². The van der Waals surface area contributed by atoms with E-state index in [0.29, 0.717) is 24.5 Å². The topological polar surface area (TPSA) is 79.3 Å². The second kappa shape index (κ2) is 6.92. The summed E-state index contributed by atoms with van der Waals surface area (Å²) in [6, 6.07) is 5.35. The van der Waals surface area contributed by atoms with Crippen LogP contribution in [0.2, 0.25) is 0 Å². The minimum absolute atomic E-state index is 0.00723. The first-order valence-corrected chi connectivity index (χ1v) is 8.12. The second-order valence-electron chi connectivity index (χ2n) is 6.23. The number of carbonyl (C=O) groups excluding carboxylic acids is 2. The highest BCUT2D eigenvalue weighted by atomic mass is 19.1. The minimum atomic E-state index is -0.518. The number of nitrogens with zero attached hydrogens (tertiary/aromatic N) is 3. The molecule has 0 spiro atoms. The van der Waals surface area contributed by atoms with Crippen molar-refractivity contribution in [2.24, 2.45) is 5.92 Å². The standard InChI is InChI=1S/C17H20FN5O2/c1-11(2)15-16(24)19-7-8-22(15)17(25)21-12-9-20-23(10-12)14-6-4-3-5-13(14)18/h3-6,9-11,15H,7-8H2,1-2H3,(H,19,24)(H,21,25)/t15-/m0/s1. The van der Waals surface area contributed by atoms with Gasteiger partial charge >= 0.3 is 6.03 Å². The van der Waals surface area contributed by atoms with Gasteiger partial charge in [0.2, 0.25) is 5.91 Å². The molecule has 1 aliphatic heterocycles. The molecule has 132 valence electrons. The van der Waals surface area contributed by atoms with Gasteiger partial charge in [0.05, 0.1) is 18.1 Å². The largest absolute Gasteiger partial charge is 0.353 e. The van der Waals surface area contributed by atoms with Crippen LogP contribution in [0, 0.1) is 11.7 Å². The van der Waals surface area contributed by atoms with E-state index in [1.807, 2.05) is 13.8 Å². The van der Waals surface area contributed by atoms with E-state index in [-0.39, 0.29) is 17.9 Å². The Bertz CT molecular complexity index is 789. The summed E-state index contributed by atoms with van der Waals surface area (Å²) < 4.78 is 15.2. The second-order valence-corrected chi connectivity index (χ2v) is 6.23. The van der Waals surface area contributed by atoms with Gasteiger partial charge in [-0.15, -0.1) is 0 Å². The number of nitrogens with one attached hydrogen (secondary N) is 2. The van der Waals surface area contributed by atoms with Crippen molar-refractivity contribution in [3.05, 3.63) is 42.5 Å². The fourth-order valence-corrected chi connectivity index (χ4v) is 2.93. The predicted octanol–water partition coefficient (Wildman–Crippen LogP) is 2.00. The van der Waals surface area contributed by atoms with E-state index >= 15 is 0 Å². The summed E-state index contributed by atoms with van der Waals surface area (Å²) in [7, 11) is 0. The molecule has 2 N–H and O–H groups in total. The average Bonchev–Trinajstić information content (AvgIpc) is 3.02. The summed E-state index contributed by atoms with van der Waals surface area (Å²) in [5.41, 5.74) is 0.724. The minimum Gasteiger partial charge on any atom is -0.353 e. The number of anilines is 1. The lowest BCUT2D eigenvalue weighted by Crippen LogP contribution is -2.60. The third kappa shape index (κ3) is 3.47. The first-order chi connectivity index (χ1) is 12.0. The van der Waals surface area contributed by atoms with Crippen LogP contribution < -0.4 is 10.6 Å². The number of benzene rings is 1. The molecule has 1 fully saturated rings. The lowest BCUT2D eigenvalue weighted by atomic mass is 10.00. The van der Waals surface area contributed by atoms with Crippen LogP contribution in [0.4, 0.5) is 14.9 Å². The van der Waals surface area contributed by atoms with E-state index in [1.165, 1.54) is 28.0 Å². The highest BCUT2D eigenvalue weighted by Crippen LogP contribution is 2.18. The first kappa shape index (κ1) is 16.9. The molecule has 0 radical (unpaired) electrons. The maximum Gasteiger partial charge on any atom is 0.322 e. The molecule has 3 rings (SSSR count). The van der Waals surface area contributed by atoms with E-state index in [9.17, 15) is 14.0 Å². The van der Waals surface area contributed by atoms with E-state index < -0.39 is 11.9 Å². The zero-order chi connectivity index (χ0) is 18.0. The van der Waals surface area contributed by atoms with Crippen molar-refractivity contribution in [3.8, 4) is 5.69 Å². The quantitative estimate of drug-likeness (QED) is 0.893. The smallest absolute Gasteiger partial charge is 0.322 e. The van der Waals surface area contributed by atoms with Gasteiger partial charge in [-0.2, -0.15) is 5.10 Å². The number of amides is 3. The summed E-state index contributed by atoms with van der Waals surface area (Å²) in [5, 5.41) is 9.58. The third-order valence-corrected chi connectivity index (χ3v) is 4.08. The zero-order valence-electron chi connectivity index (χ0n) is 14.1. The van der Waals surface area contributed by atoms with Crippen LogP contribution in [-0.2, 0) is 4.79 Å². The van der Waals surface area contributed by atoms with E-state index in [2.05, 4.69) is 15.7 Å². The van der Waals surface area contributed by atoms with Crippen LogP contribution >= 0.6 is 0 Å². The SMILES string of the molecule is CC(C)[C@H]1C(=O)NCCN1C(=O)Nc1cnn(-c2ccccc2F)c1. The van der Waals surface area contributed by atoms with Crippen LogP contribution in [0.15, 0.2) is 36.7 Å². The molecular weight excluding hydrogens is 325 g/mol. The number of aromatic nitrogens is 2. The van der Waals surface area contributed by atoms with Crippen molar-refractivity contribution in [2.75, 3.05) is 18.4 Å². The van der Waals surface area contributed by atoms with Crippen molar-refractivity contribution in [2.45, 2.75) is 19.9 Å². The maximum absolute atomic E-state index is 13.8. The molecule has 8 heteroatoms. The molecule has 25 heavy (non-hydrogen) atoms. The van der Waals surface area contributed by atoms with Gasteiger partial charge in [-0.05, 0) is 18.1 Å². The fraction of sp³-hybridized carbons (Fsp3) is 0.353. The lowest BCUT2D eigenvalue weighted by molar-refractivity contribution is -0.129. The van der Waals surface area contributed by atoms with Gasteiger partial charge in [-0.3, -0.25) is 4.79 Å². The zero-order valence-corrected chi connectivity index (χ0v) is 14.1. The summed E-state index contributed by atoms with van der Waals surface area (Å²) >= 11 is 0. The Morgan fingerprint density at radius 2 is 2.16 bits per heavy atom. The molecule has 1 aromatic carbocycles. The number of para-hydroxylation sites is 1. The molecule has 0 saturated carbocycles. The number of carbonyl (C=O) groups is 2. The Kier molecular flexibility index (Phi) is 4.69. The number of rotatable bonds is 3. The van der Waals surface area contributed by atoms with Gasteiger partial charge in [0.25, 0.3) is 0 Å². The third-order valence-electron chi connectivity index (χ3n) is 4.08. The Morgan fingerprint density at radius 1 is 1.40 bits per heavy atom. The number of halogens is 1. The number of urea groups is 1. The Labute approximate surface area is 144 Å². The molecule has 1 atom stereocenters. The molecule has 0 bridgehead atoms. The summed E-state index contributed by atoms with van der Waals surface area (Å²) in [5.74, 6) is -0.568. The van der Waals surface area contributed by atoms with Crippen LogP contribution in [0.25, 0.3) is 5.69 Å². The van der Waals surface area contributed by atoms with Crippen LogP contribution in [-0.4, -0.2) is 45.8 Å². The molecule has 7 nitrogen and oxygen atoms in total. The molecule has 2 aromatic rings. The first-order valence-electron chi connectivity index (χ1n) is 8.12. The maximum atomic E-state index is 13.8. The Balaban J connectivity index is 1.75. The van der Waals surface area contributed by atoms with Gasteiger partial charge in [0.15, 0.2) is 0 Å². The van der Waals surface area contributed by atoms with Gasteiger partial charge in [0.1, 0.15) is 17.5 Å². The highest BCUT2D eigenvalue weighted by molar-refractivity contribution is 5.94. The van der Waals surface area contributed by atoms with Crippen molar-refractivity contribution in [1.82, 2.24) is 20.0 Å². The van der Waals surface area contributed by atoms with Gasteiger partial charge in [-0.25, -0.2) is 13.9 Å². The van der Waals surface area contributed by atoms with Crippen molar-refractivity contribution >= 4 is 17.6 Å². The summed E-state index contributed by atoms with van der Waals surface area (Å²) in [6.45, 7) is 4.64. The van der Waals surface area contributed by atoms with Crippen LogP contribution in [0.1, 0.15) is 13.8 Å². The van der Waals surface area contributed by atoms with Gasteiger partial charge in [-0.1, -0.05) is 26.0 Å². The monoisotopic (exact) mass is 345 g/mol. The fourth-order valence-electron chi connectivity index (χ4n) is 2.93. The van der Waals surface area contributed by atoms with Gasteiger partial charge in [0, 0.05) is 13.1 Å². The Morgan fingerprint density at radius 3 is 2.88 bits per heavy atom. The number of hydrogen-bond acceptors (Lipinski definition) is 3. The number of piperazine rings is 1. The van der Waals surface area contributed by atoms with Crippen LogP contribution in [0.5, 0.6) is 0 Å². The average molecular weight is 345 g/mol.